The third kappa shape index (κ3) is 2.49. The molecule has 3 heteroatoms. The molecule has 70 valence electrons. The Morgan fingerprint density at radius 3 is 3.15 bits per heavy atom. The van der Waals surface area contributed by atoms with E-state index in [0.29, 0.717) is 0 Å². The lowest BCUT2D eigenvalue weighted by Gasteiger charge is -2.21. The maximum Gasteiger partial charge on any atom is 0.0589 e. The van der Waals surface area contributed by atoms with Crippen molar-refractivity contribution in [2.75, 3.05) is 13.1 Å². The van der Waals surface area contributed by atoms with E-state index in [1.807, 2.05) is 6.20 Å². The summed E-state index contributed by atoms with van der Waals surface area (Å²) in [6.07, 6.45) is 9.05. The summed E-state index contributed by atoms with van der Waals surface area (Å²) in [5.74, 6) is 0.755. The smallest absolute Gasteiger partial charge is 0.0589 e. The van der Waals surface area contributed by atoms with Crippen LogP contribution in [-0.2, 0) is 6.42 Å². The maximum atomic E-state index is 4.28. The minimum Gasteiger partial charge on any atom is -0.316 e. The zero-order valence-electron chi connectivity index (χ0n) is 7.74. The van der Waals surface area contributed by atoms with Crippen molar-refractivity contribution in [3.05, 3.63) is 24.3 Å². The molecule has 1 saturated heterocycles. The van der Waals surface area contributed by atoms with E-state index in [1.165, 1.54) is 19.4 Å². The van der Waals surface area contributed by atoms with Crippen molar-refractivity contribution in [2.24, 2.45) is 5.92 Å². The minimum absolute atomic E-state index is 0.755. The van der Waals surface area contributed by atoms with Crippen molar-refractivity contribution in [1.82, 2.24) is 15.3 Å². The van der Waals surface area contributed by atoms with Crippen molar-refractivity contribution >= 4 is 0 Å². The van der Waals surface area contributed by atoms with Crippen LogP contribution in [0.25, 0.3) is 0 Å². The summed E-state index contributed by atoms with van der Waals surface area (Å²) < 4.78 is 0. The number of hydrogen-bond donors (Lipinski definition) is 1. The third-order valence-electron chi connectivity index (χ3n) is 2.51. The van der Waals surface area contributed by atoms with Gasteiger partial charge in [-0.05, 0) is 38.3 Å². The van der Waals surface area contributed by atoms with Gasteiger partial charge in [0, 0.05) is 18.6 Å². The van der Waals surface area contributed by atoms with Gasteiger partial charge in [0.25, 0.3) is 0 Å². The van der Waals surface area contributed by atoms with Crippen LogP contribution in [0, 0.1) is 5.92 Å². The molecular weight excluding hydrogens is 162 g/mol. The molecule has 0 aromatic carbocycles. The Hall–Kier alpha value is -0.960. The lowest BCUT2D eigenvalue weighted by molar-refractivity contribution is 0.373. The first-order valence-corrected chi connectivity index (χ1v) is 4.91. The van der Waals surface area contributed by atoms with Crippen molar-refractivity contribution in [2.45, 2.75) is 19.3 Å². The van der Waals surface area contributed by atoms with E-state index in [9.17, 15) is 0 Å². The van der Waals surface area contributed by atoms with Crippen LogP contribution in [0.15, 0.2) is 18.6 Å². The van der Waals surface area contributed by atoms with E-state index in [1.54, 1.807) is 12.4 Å². The number of nitrogens with one attached hydrogen (secondary N) is 1. The van der Waals surface area contributed by atoms with E-state index < -0.39 is 0 Å². The zero-order chi connectivity index (χ0) is 8.93. The second-order valence-corrected chi connectivity index (χ2v) is 3.61. The summed E-state index contributed by atoms with van der Waals surface area (Å²) >= 11 is 0. The molecule has 1 aromatic heterocycles. The standard InChI is InChI=1S/C10H15N3/c1-2-9(7-11-3-1)6-10-8-12-4-5-13-10/h4-5,8-9,11H,1-3,6-7H2/t9-/m1/s1. The molecule has 13 heavy (non-hydrogen) atoms. The Morgan fingerprint density at radius 1 is 1.46 bits per heavy atom. The monoisotopic (exact) mass is 177 g/mol. The lowest BCUT2D eigenvalue weighted by atomic mass is 9.95. The van der Waals surface area contributed by atoms with E-state index in [4.69, 9.17) is 0 Å². The Kier molecular flexibility index (Phi) is 2.87. The Morgan fingerprint density at radius 2 is 2.46 bits per heavy atom. The molecule has 1 atom stereocenters. The minimum atomic E-state index is 0.755. The molecule has 2 rings (SSSR count). The predicted octanol–water partition coefficient (Wildman–Crippen LogP) is 1.02. The summed E-state index contributed by atoms with van der Waals surface area (Å²) in [4.78, 5) is 8.35. The maximum absolute atomic E-state index is 4.28. The van der Waals surface area contributed by atoms with Gasteiger partial charge in [-0.2, -0.15) is 0 Å². The summed E-state index contributed by atoms with van der Waals surface area (Å²) in [6.45, 7) is 2.31. The summed E-state index contributed by atoms with van der Waals surface area (Å²) in [7, 11) is 0. The van der Waals surface area contributed by atoms with E-state index >= 15 is 0 Å². The fourth-order valence-electron chi connectivity index (χ4n) is 1.83. The Bertz CT molecular complexity index is 242. The van der Waals surface area contributed by atoms with Crippen LogP contribution < -0.4 is 5.32 Å². The molecule has 0 unspecified atom stereocenters. The molecule has 0 amide bonds. The van der Waals surface area contributed by atoms with Crippen LogP contribution in [0.5, 0.6) is 0 Å². The number of hydrogen-bond acceptors (Lipinski definition) is 3. The highest BCUT2D eigenvalue weighted by atomic mass is 14.9. The Balaban J connectivity index is 1.90. The predicted molar refractivity (Wildman–Crippen MR) is 51.3 cm³/mol. The fraction of sp³-hybridized carbons (Fsp3) is 0.600. The first kappa shape index (κ1) is 8.63. The van der Waals surface area contributed by atoms with Gasteiger partial charge in [0.05, 0.1) is 5.69 Å². The molecule has 0 spiro atoms. The molecule has 1 N–H and O–H groups in total. The third-order valence-corrected chi connectivity index (χ3v) is 2.51. The molecule has 1 aromatic rings. The largest absolute Gasteiger partial charge is 0.316 e. The van der Waals surface area contributed by atoms with Crippen LogP contribution in [0.1, 0.15) is 18.5 Å². The average molecular weight is 177 g/mol. The summed E-state index contributed by atoms with van der Waals surface area (Å²) in [5.41, 5.74) is 1.12. The van der Waals surface area contributed by atoms with Gasteiger partial charge >= 0.3 is 0 Å². The average Bonchev–Trinajstić information content (AvgIpc) is 2.21. The highest BCUT2D eigenvalue weighted by Crippen LogP contribution is 2.14. The molecular formula is C10H15N3. The fourth-order valence-corrected chi connectivity index (χ4v) is 1.83. The highest BCUT2D eigenvalue weighted by Gasteiger charge is 2.13. The summed E-state index contributed by atoms with van der Waals surface area (Å²) in [5, 5.41) is 3.41. The molecule has 0 bridgehead atoms. The SMILES string of the molecule is c1cnc(C[C@H]2CCCNC2)cn1. The van der Waals surface area contributed by atoms with Gasteiger partial charge < -0.3 is 5.32 Å². The van der Waals surface area contributed by atoms with Gasteiger partial charge in [-0.15, -0.1) is 0 Å². The number of aromatic nitrogens is 2. The van der Waals surface area contributed by atoms with Crippen molar-refractivity contribution in [3.63, 3.8) is 0 Å². The van der Waals surface area contributed by atoms with Gasteiger partial charge in [-0.1, -0.05) is 0 Å². The molecule has 1 aliphatic rings. The molecule has 0 saturated carbocycles. The Labute approximate surface area is 78.6 Å². The van der Waals surface area contributed by atoms with Crippen molar-refractivity contribution in [3.8, 4) is 0 Å². The van der Waals surface area contributed by atoms with Gasteiger partial charge in [0.1, 0.15) is 0 Å². The van der Waals surface area contributed by atoms with Crippen LogP contribution >= 0.6 is 0 Å². The van der Waals surface area contributed by atoms with Gasteiger partial charge in [0.15, 0.2) is 0 Å². The molecule has 2 heterocycles. The van der Waals surface area contributed by atoms with Crippen LogP contribution in [0.4, 0.5) is 0 Å². The topological polar surface area (TPSA) is 37.8 Å². The number of nitrogens with zero attached hydrogens (tertiary/aromatic N) is 2. The molecule has 0 aliphatic carbocycles. The van der Waals surface area contributed by atoms with E-state index in [0.717, 1.165) is 24.6 Å². The van der Waals surface area contributed by atoms with Crippen molar-refractivity contribution < 1.29 is 0 Å². The first-order chi connectivity index (χ1) is 6.45. The van der Waals surface area contributed by atoms with Crippen molar-refractivity contribution in [1.29, 1.82) is 0 Å². The molecule has 1 aliphatic heterocycles. The quantitative estimate of drug-likeness (QED) is 0.733. The van der Waals surface area contributed by atoms with Crippen LogP contribution in [0.3, 0.4) is 0 Å². The van der Waals surface area contributed by atoms with Crippen LogP contribution in [0.2, 0.25) is 0 Å². The van der Waals surface area contributed by atoms with E-state index in [2.05, 4.69) is 15.3 Å². The van der Waals surface area contributed by atoms with Gasteiger partial charge in [-0.3, -0.25) is 9.97 Å². The number of piperidine rings is 1. The number of rotatable bonds is 2. The summed E-state index contributed by atoms with van der Waals surface area (Å²) in [6, 6.07) is 0. The molecule has 1 fully saturated rings. The van der Waals surface area contributed by atoms with Crippen LogP contribution in [-0.4, -0.2) is 23.1 Å². The lowest BCUT2D eigenvalue weighted by Crippen LogP contribution is -2.31. The highest BCUT2D eigenvalue weighted by molar-refractivity contribution is 4.96. The normalized spacial score (nSPS) is 22.9. The first-order valence-electron chi connectivity index (χ1n) is 4.91. The van der Waals surface area contributed by atoms with E-state index in [-0.39, 0.29) is 0 Å². The molecule has 0 radical (unpaired) electrons. The zero-order valence-corrected chi connectivity index (χ0v) is 7.74. The second-order valence-electron chi connectivity index (χ2n) is 3.61. The van der Waals surface area contributed by atoms with Gasteiger partial charge in [-0.25, -0.2) is 0 Å². The second kappa shape index (κ2) is 4.33. The van der Waals surface area contributed by atoms with Gasteiger partial charge in [0.2, 0.25) is 0 Å². The molecule has 3 nitrogen and oxygen atoms in total.